The van der Waals surface area contributed by atoms with Crippen LogP contribution in [-0.4, -0.2) is 27.8 Å². The Kier molecular flexibility index (Phi) is 3.25. The molecule has 0 spiro atoms. The van der Waals surface area contributed by atoms with Crippen LogP contribution in [0.3, 0.4) is 0 Å². The second-order valence-electron chi connectivity index (χ2n) is 4.33. The van der Waals surface area contributed by atoms with Crippen LogP contribution in [0.4, 0.5) is 5.82 Å². The molecule has 19 heavy (non-hydrogen) atoms. The standard InChI is InChI=1S/C13H16N4O2/c1-7-8(2)16-17(9(7)3)11-6-15-12(14)5-10(11)13(18)19-4/h5-6H,1-4H3,(H2,14,15). The molecule has 0 radical (unpaired) electrons. The predicted molar refractivity (Wildman–Crippen MR) is 71.3 cm³/mol. The maximum absolute atomic E-state index is 11.8. The average Bonchev–Trinajstić information content (AvgIpc) is 2.65. The molecule has 2 aromatic heterocycles. The fourth-order valence-corrected chi connectivity index (χ4v) is 1.86. The van der Waals surface area contributed by atoms with E-state index in [4.69, 9.17) is 10.5 Å². The number of nitrogens with two attached hydrogens (primary N) is 1. The number of pyridine rings is 1. The minimum Gasteiger partial charge on any atom is -0.465 e. The number of hydrogen-bond donors (Lipinski definition) is 1. The summed E-state index contributed by atoms with van der Waals surface area (Å²) >= 11 is 0. The zero-order valence-corrected chi connectivity index (χ0v) is 11.4. The highest BCUT2D eigenvalue weighted by Crippen LogP contribution is 2.21. The Bertz CT molecular complexity index is 646. The number of aromatic nitrogens is 3. The zero-order valence-electron chi connectivity index (χ0n) is 11.4. The van der Waals surface area contributed by atoms with Crippen LogP contribution in [0.1, 0.15) is 27.3 Å². The monoisotopic (exact) mass is 260 g/mol. The summed E-state index contributed by atoms with van der Waals surface area (Å²) in [4.78, 5) is 15.8. The van der Waals surface area contributed by atoms with Crippen molar-refractivity contribution in [2.45, 2.75) is 20.8 Å². The van der Waals surface area contributed by atoms with Gasteiger partial charge in [0, 0.05) is 5.69 Å². The third kappa shape index (κ3) is 2.16. The summed E-state index contributed by atoms with van der Waals surface area (Å²) < 4.78 is 6.45. The number of methoxy groups -OCH3 is 1. The van der Waals surface area contributed by atoms with Crippen LogP contribution < -0.4 is 5.73 Å². The maximum atomic E-state index is 11.8. The number of esters is 1. The first kappa shape index (κ1) is 13.1. The smallest absolute Gasteiger partial charge is 0.340 e. The first-order valence-corrected chi connectivity index (χ1v) is 5.82. The van der Waals surface area contributed by atoms with Crippen LogP contribution >= 0.6 is 0 Å². The summed E-state index contributed by atoms with van der Waals surface area (Å²) in [7, 11) is 1.33. The van der Waals surface area contributed by atoms with Gasteiger partial charge in [-0.3, -0.25) is 0 Å². The third-order valence-electron chi connectivity index (χ3n) is 3.19. The minimum atomic E-state index is -0.464. The van der Waals surface area contributed by atoms with E-state index >= 15 is 0 Å². The summed E-state index contributed by atoms with van der Waals surface area (Å²) in [6, 6.07) is 1.49. The molecular formula is C13H16N4O2. The van der Waals surface area contributed by atoms with Crippen molar-refractivity contribution in [3.63, 3.8) is 0 Å². The molecule has 0 bridgehead atoms. The molecule has 0 aliphatic heterocycles. The third-order valence-corrected chi connectivity index (χ3v) is 3.19. The van der Waals surface area contributed by atoms with E-state index in [-0.39, 0.29) is 5.82 Å². The lowest BCUT2D eigenvalue weighted by Gasteiger charge is -2.10. The fourth-order valence-electron chi connectivity index (χ4n) is 1.86. The van der Waals surface area contributed by atoms with E-state index in [2.05, 4.69) is 10.1 Å². The molecule has 0 saturated heterocycles. The van der Waals surface area contributed by atoms with Crippen LogP contribution in [-0.2, 0) is 4.74 Å². The summed E-state index contributed by atoms with van der Waals surface area (Å²) in [6.45, 7) is 5.84. The van der Waals surface area contributed by atoms with E-state index in [1.165, 1.54) is 19.4 Å². The van der Waals surface area contributed by atoms with Crippen molar-refractivity contribution in [3.05, 3.63) is 34.8 Å². The van der Waals surface area contributed by atoms with Gasteiger partial charge in [0.25, 0.3) is 0 Å². The molecule has 2 rings (SSSR count). The molecule has 2 N–H and O–H groups in total. The normalized spacial score (nSPS) is 10.5. The highest BCUT2D eigenvalue weighted by Gasteiger charge is 2.18. The second-order valence-corrected chi connectivity index (χ2v) is 4.33. The second kappa shape index (κ2) is 4.72. The molecule has 0 aliphatic carbocycles. The van der Waals surface area contributed by atoms with Crippen molar-refractivity contribution < 1.29 is 9.53 Å². The predicted octanol–water partition coefficient (Wildman–Crippen LogP) is 1.56. The number of carbonyl (C=O) groups excluding carboxylic acids is 1. The Morgan fingerprint density at radius 1 is 1.37 bits per heavy atom. The van der Waals surface area contributed by atoms with Crippen LogP contribution in [0.15, 0.2) is 12.3 Å². The molecule has 100 valence electrons. The molecule has 0 amide bonds. The number of carbonyl (C=O) groups is 1. The zero-order chi connectivity index (χ0) is 14.2. The SMILES string of the molecule is COC(=O)c1cc(N)ncc1-n1nc(C)c(C)c1C. The molecule has 0 saturated carbocycles. The topological polar surface area (TPSA) is 83.0 Å². The van der Waals surface area contributed by atoms with E-state index < -0.39 is 5.97 Å². The lowest BCUT2D eigenvalue weighted by Crippen LogP contribution is -2.11. The van der Waals surface area contributed by atoms with Gasteiger partial charge >= 0.3 is 5.97 Å². The van der Waals surface area contributed by atoms with Crippen LogP contribution in [0.25, 0.3) is 5.69 Å². The summed E-state index contributed by atoms with van der Waals surface area (Å²) in [5.74, 6) is -0.197. The van der Waals surface area contributed by atoms with Gasteiger partial charge in [-0.25, -0.2) is 14.5 Å². The number of ether oxygens (including phenoxy) is 1. The minimum absolute atomic E-state index is 0.266. The molecule has 2 heterocycles. The molecule has 0 aromatic carbocycles. The Balaban J connectivity index is 2.68. The highest BCUT2D eigenvalue weighted by atomic mass is 16.5. The van der Waals surface area contributed by atoms with E-state index in [1.807, 2.05) is 20.8 Å². The van der Waals surface area contributed by atoms with Gasteiger partial charge in [-0.05, 0) is 32.4 Å². The highest BCUT2D eigenvalue weighted by molar-refractivity contribution is 5.94. The number of rotatable bonds is 2. The Morgan fingerprint density at radius 3 is 2.58 bits per heavy atom. The lowest BCUT2D eigenvalue weighted by molar-refractivity contribution is 0.0600. The van der Waals surface area contributed by atoms with Gasteiger partial charge in [0.1, 0.15) is 5.82 Å². The van der Waals surface area contributed by atoms with Gasteiger partial charge in [0.15, 0.2) is 0 Å². The quantitative estimate of drug-likeness (QED) is 0.828. The molecule has 0 unspecified atom stereocenters. The summed E-state index contributed by atoms with van der Waals surface area (Å²) in [5.41, 5.74) is 9.47. The van der Waals surface area contributed by atoms with Crippen LogP contribution in [0, 0.1) is 20.8 Å². The largest absolute Gasteiger partial charge is 0.465 e. The number of nitrogen functional groups attached to an aromatic ring is 1. The van der Waals surface area contributed by atoms with Gasteiger partial charge in [0.05, 0.1) is 30.3 Å². The van der Waals surface area contributed by atoms with Crippen molar-refractivity contribution >= 4 is 11.8 Å². The molecule has 0 atom stereocenters. The van der Waals surface area contributed by atoms with Crippen LogP contribution in [0.2, 0.25) is 0 Å². The summed E-state index contributed by atoms with van der Waals surface area (Å²) in [6.07, 6.45) is 1.53. The number of anilines is 1. The summed E-state index contributed by atoms with van der Waals surface area (Å²) in [5, 5.41) is 4.42. The number of nitrogens with zero attached hydrogens (tertiary/aromatic N) is 3. The molecular weight excluding hydrogens is 244 g/mol. The van der Waals surface area contributed by atoms with Gasteiger partial charge in [-0.1, -0.05) is 0 Å². The first-order chi connectivity index (χ1) is 8.95. The van der Waals surface area contributed by atoms with Gasteiger partial charge < -0.3 is 10.5 Å². The van der Waals surface area contributed by atoms with Crippen LogP contribution in [0.5, 0.6) is 0 Å². The first-order valence-electron chi connectivity index (χ1n) is 5.82. The lowest BCUT2D eigenvalue weighted by atomic mass is 10.2. The Morgan fingerprint density at radius 2 is 2.05 bits per heavy atom. The van der Waals surface area contributed by atoms with E-state index in [0.29, 0.717) is 11.3 Å². The van der Waals surface area contributed by atoms with E-state index in [1.54, 1.807) is 4.68 Å². The number of aryl methyl sites for hydroxylation is 1. The van der Waals surface area contributed by atoms with Gasteiger partial charge in [-0.15, -0.1) is 0 Å². The van der Waals surface area contributed by atoms with Crippen molar-refractivity contribution in [1.29, 1.82) is 0 Å². The van der Waals surface area contributed by atoms with E-state index in [9.17, 15) is 4.79 Å². The number of hydrogen-bond acceptors (Lipinski definition) is 5. The molecule has 6 nitrogen and oxygen atoms in total. The van der Waals surface area contributed by atoms with Gasteiger partial charge in [0.2, 0.25) is 0 Å². The van der Waals surface area contributed by atoms with Crippen molar-refractivity contribution in [1.82, 2.24) is 14.8 Å². The molecule has 0 fully saturated rings. The molecule has 6 heteroatoms. The Labute approximate surface area is 111 Å². The van der Waals surface area contributed by atoms with E-state index in [0.717, 1.165) is 17.0 Å². The average molecular weight is 260 g/mol. The van der Waals surface area contributed by atoms with Gasteiger partial charge in [-0.2, -0.15) is 5.10 Å². The molecule has 0 aliphatic rings. The van der Waals surface area contributed by atoms with Crippen molar-refractivity contribution in [2.24, 2.45) is 0 Å². The maximum Gasteiger partial charge on any atom is 0.340 e. The fraction of sp³-hybridized carbons (Fsp3) is 0.308. The van der Waals surface area contributed by atoms with Crippen molar-refractivity contribution in [3.8, 4) is 5.69 Å². The van der Waals surface area contributed by atoms with Crippen molar-refractivity contribution in [2.75, 3.05) is 12.8 Å². The Hall–Kier alpha value is -2.37. The molecule has 2 aromatic rings.